The quantitative estimate of drug-likeness (QED) is 0.818. The largest absolute Gasteiger partial charge is 0.378 e. The molecule has 2 aromatic carbocycles. The second kappa shape index (κ2) is 5.68. The zero-order valence-electron chi connectivity index (χ0n) is 16.6. The van der Waals surface area contributed by atoms with Crippen LogP contribution in [-0.2, 0) is 10.3 Å². The smallest absolute Gasteiger partial charge is 0.141 e. The van der Waals surface area contributed by atoms with E-state index in [4.69, 9.17) is 4.74 Å². The van der Waals surface area contributed by atoms with Gasteiger partial charge in [0.05, 0.1) is 12.2 Å². The summed E-state index contributed by atoms with van der Waals surface area (Å²) in [6, 6.07) is 20.2. The van der Waals surface area contributed by atoms with E-state index in [2.05, 4.69) is 20.8 Å². The summed E-state index contributed by atoms with van der Waals surface area (Å²) in [4.78, 5) is 0. The zero-order valence-corrected chi connectivity index (χ0v) is 16.6. The van der Waals surface area contributed by atoms with Gasteiger partial charge >= 0.3 is 0 Å². The third kappa shape index (κ3) is 2.14. The minimum Gasteiger partial charge on any atom is -0.378 e. The second-order valence-electron chi connectivity index (χ2n) is 9.73. The first-order valence-corrected chi connectivity index (χ1v) is 10.4. The zero-order chi connectivity index (χ0) is 18.9. The fourth-order valence-electron chi connectivity index (χ4n) is 6.71. The Morgan fingerprint density at radius 3 is 2.00 bits per heavy atom. The van der Waals surface area contributed by atoms with E-state index in [0.717, 1.165) is 17.5 Å². The van der Waals surface area contributed by atoms with Gasteiger partial charge in [0.25, 0.3) is 0 Å². The van der Waals surface area contributed by atoms with Gasteiger partial charge < -0.3 is 9.84 Å². The maximum atomic E-state index is 12.1. The highest BCUT2D eigenvalue weighted by Crippen LogP contribution is 2.71. The van der Waals surface area contributed by atoms with Crippen molar-refractivity contribution in [3.8, 4) is 0 Å². The SMILES string of the molecule is CC1(C)[C@@H]2CC[C@@]1(C)[C@@H]1O[C@@H](C(O)(c3ccccc3)c3ccccc3)C[C@H]21. The predicted molar refractivity (Wildman–Crippen MR) is 107 cm³/mol. The van der Waals surface area contributed by atoms with Crippen LogP contribution >= 0.6 is 0 Å². The average molecular weight is 363 g/mol. The molecule has 0 radical (unpaired) electrons. The minimum absolute atomic E-state index is 0.201. The van der Waals surface area contributed by atoms with Gasteiger partial charge in [0.2, 0.25) is 0 Å². The van der Waals surface area contributed by atoms with Crippen molar-refractivity contribution in [2.45, 2.75) is 57.8 Å². The van der Waals surface area contributed by atoms with Gasteiger partial charge in [-0.3, -0.25) is 0 Å². The molecule has 27 heavy (non-hydrogen) atoms. The molecule has 0 spiro atoms. The molecule has 2 aromatic rings. The van der Waals surface area contributed by atoms with Crippen LogP contribution in [-0.4, -0.2) is 17.3 Å². The Morgan fingerprint density at radius 2 is 1.48 bits per heavy atom. The lowest BCUT2D eigenvalue weighted by Gasteiger charge is -2.41. The Balaban J connectivity index is 1.57. The van der Waals surface area contributed by atoms with Crippen molar-refractivity contribution in [2.75, 3.05) is 0 Å². The summed E-state index contributed by atoms with van der Waals surface area (Å²) >= 11 is 0. The molecule has 3 fully saturated rings. The summed E-state index contributed by atoms with van der Waals surface area (Å²) in [6.07, 6.45) is 3.54. The summed E-state index contributed by atoms with van der Waals surface area (Å²) < 4.78 is 6.78. The topological polar surface area (TPSA) is 29.5 Å². The summed E-state index contributed by atoms with van der Waals surface area (Å²) in [5.74, 6) is 1.26. The Kier molecular flexibility index (Phi) is 3.68. The van der Waals surface area contributed by atoms with E-state index >= 15 is 0 Å². The van der Waals surface area contributed by atoms with E-state index in [1.165, 1.54) is 12.8 Å². The lowest BCUT2D eigenvalue weighted by molar-refractivity contribution is -0.122. The Bertz CT molecular complexity index is 788. The highest BCUT2D eigenvalue weighted by atomic mass is 16.5. The van der Waals surface area contributed by atoms with Gasteiger partial charge in [-0.05, 0) is 53.1 Å². The Morgan fingerprint density at radius 1 is 0.926 bits per heavy atom. The highest BCUT2D eigenvalue weighted by molar-refractivity contribution is 5.38. The molecule has 3 aliphatic rings. The van der Waals surface area contributed by atoms with Crippen LogP contribution in [0.1, 0.15) is 51.2 Å². The molecule has 1 aliphatic heterocycles. The van der Waals surface area contributed by atoms with Crippen molar-refractivity contribution in [1.82, 2.24) is 0 Å². The van der Waals surface area contributed by atoms with Crippen LogP contribution in [0.5, 0.6) is 0 Å². The van der Waals surface area contributed by atoms with Gasteiger partial charge in [0.15, 0.2) is 0 Å². The summed E-state index contributed by atoms with van der Waals surface area (Å²) in [7, 11) is 0. The van der Waals surface area contributed by atoms with Gasteiger partial charge in [-0.15, -0.1) is 0 Å². The first-order valence-electron chi connectivity index (χ1n) is 10.4. The highest BCUT2D eigenvalue weighted by Gasteiger charge is 2.70. The Labute approximate surface area is 162 Å². The van der Waals surface area contributed by atoms with Crippen LogP contribution in [0, 0.1) is 22.7 Å². The fraction of sp³-hybridized carbons (Fsp3) is 0.520. The monoisotopic (exact) mass is 362 g/mol. The molecule has 2 heteroatoms. The molecule has 142 valence electrons. The van der Waals surface area contributed by atoms with Crippen LogP contribution in [0.4, 0.5) is 0 Å². The van der Waals surface area contributed by atoms with Crippen LogP contribution in [0.15, 0.2) is 60.7 Å². The summed E-state index contributed by atoms with van der Waals surface area (Å²) in [5.41, 5.74) is 1.29. The second-order valence-corrected chi connectivity index (χ2v) is 9.73. The van der Waals surface area contributed by atoms with E-state index in [1.54, 1.807) is 0 Å². The number of fused-ring (bicyclic) bond motifs is 5. The van der Waals surface area contributed by atoms with E-state index < -0.39 is 5.60 Å². The van der Waals surface area contributed by atoms with Crippen molar-refractivity contribution in [1.29, 1.82) is 0 Å². The molecule has 0 unspecified atom stereocenters. The van der Waals surface area contributed by atoms with Crippen LogP contribution < -0.4 is 0 Å². The summed E-state index contributed by atoms with van der Waals surface area (Å²) in [5, 5.41) is 12.1. The Hall–Kier alpha value is -1.64. The lowest BCUT2D eigenvalue weighted by Crippen LogP contribution is -2.44. The minimum atomic E-state index is -1.10. The normalized spacial score (nSPS) is 36.7. The predicted octanol–water partition coefficient (Wildman–Crippen LogP) is 5.15. The van der Waals surface area contributed by atoms with Gasteiger partial charge in [-0.1, -0.05) is 81.4 Å². The van der Waals surface area contributed by atoms with Crippen LogP contribution in [0.3, 0.4) is 0 Å². The first-order chi connectivity index (χ1) is 12.9. The first kappa shape index (κ1) is 17.5. The lowest BCUT2D eigenvalue weighted by atomic mass is 9.70. The van der Waals surface area contributed by atoms with Crippen LogP contribution in [0.2, 0.25) is 0 Å². The molecule has 1 heterocycles. The molecule has 1 N–H and O–H groups in total. The van der Waals surface area contributed by atoms with Crippen molar-refractivity contribution >= 4 is 0 Å². The standard InChI is InChI=1S/C25H30O2/c1-23(2)20-14-15-24(23,3)22-19(20)16-21(27-22)25(26,17-10-6-4-7-11-17)18-12-8-5-9-13-18/h4-13,19-22,26H,14-16H2,1-3H3/t19-,20-,21-,22-,24+/m1/s1. The number of benzene rings is 2. The van der Waals surface area contributed by atoms with Gasteiger partial charge in [-0.25, -0.2) is 0 Å². The number of rotatable bonds is 3. The molecule has 0 amide bonds. The van der Waals surface area contributed by atoms with Crippen molar-refractivity contribution in [2.24, 2.45) is 22.7 Å². The van der Waals surface area contributed by atoms with E-state index in [1.807, 2.05) is 60.7 Å². The number of hydrogen-bond donors (Lipinski definition) is 1. The van der Waals surface area contributed by atoms with Crippen LogP contribution in [0.25, 0.3) is 0 Å². The third-order valence-corrected chi connectivity index (χ3v) is 8.60. The molecule has 2 aliphatic carbocycles. The maximum Gasteiger partial charge on any atom is 0.141 e. The molecular formula is C25H30O2. The summed E-state index contributed by atoms with van der Waals surface area (Å²) in [6.45, 7) is 7.29. The van der Waals surface area contributed by atoms with Gasteiger partial charge in [-0.2, -0.15) is 0 Å². The fourth-order valence-corrected chi connectivity index (χ4v) is 6.71. The molecule has 1 saturated heterocycles. The number of hydrogen-bond acceptors (Lipinski definition) is 2. The molecule has 2 saturated carbocycles. The molecule has 2 bridgehead atoms. The number of aliphatic hydroxyl groups is 1. The molecule has 5 atom stereocenters. The van der Waals surface area contributed by atoms with E-state index in [0.29, 0.717) is 17.3 Å². The van der Waals surface area contributed by atoms with Gasteiger partial charge in [0, 0.05) is 0 Å². The number of ether oxygens (including phenoxy) is 1. The van der Waals surface area contributed by atoms with E-state index in [9.17, 15) is 5.11 Å². The average Bonchev–Trinajstić information content (AvgIpc) is 3.28. The van der Waals surface area contributed by atoms with Gasteiger partial charge in [0.1, 0.15) is 5.60 Å². The maximum absolute atomic E-state index is 12.1. The van der Waals surface area contributed by atoms with Crippen molar-refractivity contribution in [3.05, 3.63) is 71.8 Å². The molecule has 2 nitrogen and oxygen atoms in total. The van der Waals surface area contributed by atoms with Crippen molar-refractivity contribution in [3.63, 3.8) is 0 Å². The van der Waals surface area contributed by atoms with E-state index in [-0.39, 0.29) is 17.6 Å². The molecule has 0 aromatic heterocycles. The molecular weight excluding hydrogens is 332 g/mol. The third-order valence-electron chi connectivity index (χ3n) is 8.60. The molecule has 5 rings (SSSR count). The van der Waals surface area contributed by atoms with Crippen molar-refractivity contribution < 1.29 is 9.84 Å².